The summed E-state index contributed by atoms with van der Waals surface area (Å²) in [6.07, 6.45) is -0.869. The third kappa shape index (κ3) is 4.15. The Bertz CT molecular complexity index is 641. The molecular weight excluding hydrogens is 285 g/mol. The number of hydrogen-bond acceptors (Lipinski definition) is 3. The maximum atomic E-state index is 12.9. The van der Waals surface area contributed by atoms with Crippen molar-refractivity contribution in [3.63, 3.8) is 0 Å². The van der Waals surface area contributed by atoms with Crippen molar-refractivity contribution >= 4 is 17.6 Å². The molecule has 114 valence electrons. The van der Waals surface area contributed by atoms with Crippen LogP contribution in [0.3, 0.4) is 0 Å². The lowest BCUT2D eigenvalue weighted by atomic mass is 10.1. The van der Waals surface area contributed by atoms with Gasteiger partial charge in [0.2, 0.25) is 6.10 Å². The minimum Gasteiger partial charge on any atom is -0.447 e. The Labute approximate surface area is 127 Å². The van der Waals surface area contributed by atoms with Crippen LogP contribution in [0.25, 0.3) is 0 Å². The van der Waals surface area contributed by atoms with Crippen molar-refractivity contribution in [1.29, 1.82) is 0 Å². The fourth-order valence-corrected chi connectivity index (χ4v) is 1.86. The average molecular weight is 301 g/mol. The van der Waals surface area contributed by atoms with Gasteiger partial charge in [0.15, 0.2) is 0 Å². The van der Waals surface area contributed by atoms with Crippen molar-refractivity contribution in [2.24, 2.45) is 0 Å². The molecule has 1 amide bonds. The van der Waals surface area contributed by atoms with E-state index >= 15 is 0 Å². The molecule has 22 heavy (non-hydrogen) atoms. The van der Waals surface area contributed by atoms with E-state index in [1.165, 1.54) is 24.3 Å². The van der Waals surface area contributed by atoms with E-state index in [0.717, 1.165) is 0 Å². The Balaban J connectivity index is 2.18. The summed E-state index contributed by atoms with van der Waals surface area (Å²) >= 11 is 0. The molecule has 0 aliphatic rings. The lowest BCUT2D eigenvalue weighted by Crippen LogP contribution is -2.25. The summed E-state index contributed by atoms with van der Waals surface area (Å²) in [5.41, 5.74) is 1.00. The van der Waals surface area contributed by atoms with Crippen LogP contribution in [0, 0.1) is 5.82 Å². The first-order chi connectivity index (χ1) is 10.6. The number of anilines is 1. The minimum absolute atomic E-state index is 0.174. The number of benzene rings is 2. The van der Waals surface area contributed by atoms with E-state index in [2.05, 4.69) is 5.32 Å². The Morgan fingerprint density at radius 1 is 1.09 bits per heavy atom. The van der Waals surface area contributed by atoms with Gasteiger partial charge in [-0.05, 0) is 24.3 Å². The molecule has 0 heterocycles. The highest BCUT2D eigenvalue weighted by Crippen LogP contribution is 2.20. The summed E-state index contributed by atoms with van der Waals surface area (Å²) in [5, 5.41) is 2.61. The zero-order chi connectivity index (χ0) is 15.9. The molecule has 0 aromatic heterocycles. The molecular formula is C17H16FNO3. The number of carbonyl (C=O) groups is 2. The van der Waals surface area contributed by atoms with Crippen molar-refractivity contribution in [3.05, 3.63) is 66.0 Å². The lowest BCUT2D eigenvalue weighted by molar-refractivity contribution is -0.154. The van der Waals surface area contributed by atoms with Crippen LogP contribution in [0.4, 0.5) is 10.1 Å². The van der Waals surface area contributed by atoms with Crippen LogP contribution in [0.2, 0.25) is 0 Å². The first kappa shape index (κ1) is 15.7. The fourth-order valence-electron chi connectivity index (χ4n) is 1.86. The zero-order valence-corrected chi connectivity index (χ0v) is 12.1. The van der Waals surface area contributed by atoms with Gasteiger partial charge in [-0.25, -0.2) is 4.39 Å². The predicted octanol–water partition coefficient (Wildman–Crippen LogP) is 3.46. The van der Waals surface area contributed by atoms with Gasteiger partial charge in [-0.15, -0.1) is 0 Å². The molecule has 0 saturated heterocycles. The minimum atomic E-state index is -1.04. The second kappa shape index (κ2) is 7.36. The Morgan fingerprint density at radius 2 is 1.73 bits per heavy atom. The summed E-state index contributed by atoms with van der Waals surface area (Å²) in [4.78, 5) is 23.9. The van der Waals surface area contributed by atoms with Crippen molar-refractivity contribution in [3.8, 4) is 0 Å². The van der Waals surface area contributed by atoms with Gasteiger partial charge < -0.3 is 10.1 Å². The highest BCUT2D eigenvalue weighted by Gasteiger charge is 2.24. The van der Waals surface area contributed by atoms with E-state index in [1.807, 2.05) is 0 Å². The monoisotopic (exact) mass is 301 g/mol. The van der Waals surface area contributed by atoms with E-state index < -0.39 is 23.8 Å². The highest BCUT2D eigenvalue weighted by molar-refractivity contribution is 5.96. The SMILES string of the molecule is CCC(=O)O[C@H](C(=O)Nc1ccc(F)cc1)c1ccccc1. The topological polar surface area (TPSA) is 55.4 Å². The molecule has 0 radical (unpaired) electrons. The molecule has 2 aromatic carbocycles. The van der Waals surface area contributed by atoms with E-state index in [9.17, 15) is 14.0 Å². The van der Waals surface area contributed by atoms with Crippen molar-refractivity contribution < 1.29 is 18.7 Å². The van der Waals surface area contributed by atoms with Crippen LogP contribution < -0.4 is 5.32 Å². The second-order valence-corrected chi connectivity index (χ2v) is 4.63. The number of hydrogen-bond donors (Lipinski definition) is 1. The first-order valence-corrected chi connectivity index (χ1v) is 6.91. The molecule has 0 aliphatic carbocycles. The Hall–Kier alpha value is -2.69. The highest BCUT2D eigenvalue weighted by atomic mass is 19.1. The van der Waals surface area contributed by atoms with Gasteiger partial charge in [0, 0.05) is 17.7 Å². The molecule has 5 heteroatoms. The molecule has 1 N–H and O–H groups in total. The van der Waals surface area contributed by atoms with E-state index in [0.29, 0.717) is 11.3 Å². The number of carbonyl (C=O) groups excluding carboxylic acids is 2. The molecule has 0 saturated carbocycles. The van der Waals surface area contributed by atoms with Gasteiger partial charge >= 0.3 is 5.97 Å². The normalized spacial score (nSPS) is 11.5. The van der Waals surface area contributed by atoms with Gasteiger partial charge in [-0.1, -0.05) is 37.3 Å². The van der Waals surface area contributed by atoms with Crippen LogP contribution in [0.15, 0.2) is 54.6 Å². The van der Waals surface area contributed by atoms with E-state index in [1.54, 1.807) is 37.3 Å². The quantitative estimate of drug-likeness (QED) is 0.860. The summed E-state index contributed by atoms with van der Waals surface area (Å²) in [6.45, 7) is 1.66. The molecule has 0 aliphatic heterocycles. The van der Waals surface area contributed by atoms with Gasteiger partial charge in [0.25, 0.3) is 5.91 Å². The molecule has 0 fully saturated rings. The summed E-state index contributed by atoms with van der Waals surface area (Å²) in [5.74, 6) is -1.35. The number of amides is 1. The van der Waals surface area contributed by atoms with Gasteiger partial charge in [0.1, 0.15) is 5.82 Å². The number of esters is 1. The van der Waals surface area contributed by atoms with Crippen molar-refractivity contribution in [1.82, 2.24) is 0 Å². The molecule has 0 spiro atoms. The Kier molecular flexibility index (Phi) is 5.25. The lowest BCUT2D eigenvalue weighted by Gasteiger charge is -2.17. The van der Waals surface area contributed by atoms with Crippen LogP contribution >= 0.6 is 0 Å². The average Bonchev–Trinajstić information content (AvgIpc) is 2.55. The number of nitrogens with one attached hydrogen (secondary N) is 1. The van der Waals surface area contributed by atoms with Crippen LogP contribution in [0.1, 0.15) is 25.0 Å². The molecule has 1 atom stereocenters. The molecule has 0 bridgehead atoms. The van der Waals surface area contributed by atoms with Gasteiger partial charge in [-0.2, -0.15) is 0 Å². The Morgan fingerprint density at radius 3 is 2.32 bits per heavy atom. The zero-order valence-electron chi connectivity index (χ0n) is 12.1. The fraction of sp³-hybridized carbons (Fsp3) is 0.176. The first-order valence-electron chi connectivity index (χ1n) is 6.91. The second-order valence-electron chi connectivity index (χ2n) is 4.63. The standard InChI is InChI=1S/C17H16FNO3/c1-2-15(20)22-16(12-6-4-3-5-7-12)17(21)19-14-10-8-13(18)9-11-14/h3-11,16H,2H2,1H3,(H,19,21)/t16-/m0/s1. The van der Waals surface area contributed by atoms with Crippen LogP contribution in [0.5, 0.6) is 0 Å². The number of rotatable bonds is 5. The number of halogens is 1. The summed E-state index contributed by atoms with van der Waals surface area (Å²) < 4.78 is 18.1. The molecule has 2 aromatic rings. The summed E-state index contributed by atoms with van der Waals surface area (Å²) in [6, 6.07) is 14.1. The molecule has 4 nitrogen and oxygen atoms in total. The van der Waals surface area contributed by atoms with Crippen LogP contribution in [-0.4, -0.2) is 11.9 Å². The third-order valence-corrected chi connectivity index (χ3v) is 2.99. The maximum Gasteiger partial charge on any atom is 0.306 e. The van der Waals surface area contributed by atoms with Gasteiger partial charge in [-0.3, -0.25) is 9.59 Å². The summed E-state index contributed by atoms with van der Waals surface area (Å²) in [7, 11) is 0. The maximum absolute atomic E-state index is 12.9. The predicted molar refractivity (Wildman–Crippen MR) is 80.6 cm³/mol. The number of ether oxygens (including phenoxy) is 1. The largest absolute Gasteiger partial charge is 0.447 e. The van der Waals surface area contributed by atoms with Crippen molar-refractivity contribution in [2.45, 2.75) is 19.4 Å². The molecule has 2 rings (SSSR count). The third-order valence-electron chi connectivity index (χ3n) is 2.99. The van der Waals surface area contributed by atoms with Gasteiger partial charge in [0.05, 0.1) is 0 Å². The van der Waals surface area contributed by atoms with Crippen LogP contribution in [-0.2, 0) is 14.3 Å². The molecule has 0 unspecified atom stereocenters. The van der Waals surface area contributed by atoms with Crippen molar-refractivity contribution in [2.75, 3.05) is 5.32 Å². The smallest absolute Gasteiger partial charge is 0.306 e. The van der Waals surface area contributed by atoms with E-state index in [4.69, 9.17) is 4.74 Å². The van der Waals surface area contributed by atoms with E-state index in [-0.39, 0.29) is 6.42 Å².